The Morgan fingerprint density at radius 2 is 1.68 bits per heavy atom. The van der Waals surface area contributed by atoms with Gasteiger partial charge in [0.2, 0.25) is 5.76 Å². The van der Waals surface area contributed by atoms with Crippen LogP contribution in [0, 0.1) is 13.8 Å². The summed E-state index contributed by atoms with van der Waals surface area (Å²) in [6.07, 6.45) is 0. The van der Waals surface area contributed by atoms with Crippen molar-refractivity contribution in [2.75, 3.05) is 27.2 Å². The highest BCUT2D eigenvalue weighted by molar-refractivity contribution is 5.99. The Labute approximate surface area is 183 Å². The third-order valence-corrected chi connectivity index (χ3v) is 6.29. The van der Waals surface area contributed by atoms with E-state index in [1.807, 2.05) is 57.1 Å². The summed E-state index contributed by atoms with van der Waals surface area (Å²) < 4.78 is 6.08. The maximum atomic E-state index is 13.6. The van der Waals surface area contributed by atoms with Gasteiger partial charge in [0.15, 0.2) is 5.43 Å². The molecule has 0 fully saturated rings. The maximum absolute atomic E-state index is 13.6. The molecule has 0 spiro atoms. The van der Waals surface area contributed by atoms with Crippen molar-refractivity contribution in [1.82, 2.24) is 9.80 Å². The van der Waals surface area contributed by atoms with Crippen LogP contribution in [0.4, 0.5) is 0 Å². The van der Waals surface area contributed by atoms with Gasteiger partial charge in [-0.05, 0) is 68.2 Å². The first-order valence-corrected chi connectivity index (χ1v) is 10.8. The minimum atomic E-state index is -0.439. The molecule has 1 atom stereocenters. The molecule has 1 aliphatic heterocycles. The Hall–Kier alpha value is -2.92. The van der Waals surface area contributed by atoms with Crippen LogP contribution in [0.15, 0.2) is 45.6 Å². The molecule has 2 aromatic carbocycles. The number of rotatable bonds is 5. The molecule has 0 radical (unpaired) electrons. The highest BCUT2D eigenvalue weighted by Gasteiger charge is 2.42. The number of hydrogen-bond donors (Lipinski definition) is 0. The zero-order valence-corrected chi connectivity index (χ0v) is 19.2. The molecule has 5 nitrogen and oxygen atoms in total. The molecular formula is C26H30N2O3. The number of likely N-dealkylation sites (N-methyl/N-ethyl adjacent to an activating group) is 1. The van der Waals surface area contributed by atoms with E-state index >= 15 is 0 Å². The molecule has 3 aromatic rings. The second kappa shape index (κ2) is 7.97. The van der Waals surface area contributed by atoms with Gasteiger partial charge in [-0.1, -0.05) is 38.1 Å². The Morgan fingerprint density at radius 1 is 1.03 bits per heavy atom. The Bertz CT molecular complexity index is 1210. The molecular weight excluding hydrogens is 388 g/mol. The van der Waals surface area contributed by atoms with Gasteiger partial charge in [0.25, 0.3) is 5.91 Å². The predicted octanol–water partition coefficient (Wildman–Crippen LogP) is 4.64. The molecule has 1 aromatic heterocycles. The number of nitrogens with zero attached hydrogens (tertiary/aromatic N) is 2. The summed E-state index contributed by atoms with van der Waals surface area (Å²) >= 11 is 0. The number of amides is 1. The highest BCUT2D eigenvalue weighted by Crippen LogP contribution is 2.38. The minimum absolute atomic E-state index is 0.113. The summed E-state index contributed by atoms with van der Waals surface area (Å²) in [5, 5.41) is 0.535. The fraction of sp³-hybridized carbons (Fsp3) is 0.385. The SMILES string of the molecule is Cc1cc2oc3c(c(=O)c2cc1C)C(c1ccc(C(C)C)cc1)N(CCN(C)C)C3=O. The lowest BCUT2D eigenvalue weighted by atomic mass is 9.95. The first-order chi connectivity index (χ1) is 14.7. The number of aryl methyl sites for hydroxylation is 2. The number of carbonyl (C=O) groups is 1. The Kier molecular flexibility index (Phi) is 5.48. The molecule has 4 rings (SSSR count). The van der Waals surface area contributed by atoms with E-state index in [1.54, 1.807) is 4.90 Å². The molecule has 0 saturated heterocycles. The normalized spacial score (nSPS) is 16.1. The van der Waals surface area contributed by atoms with Crippen molar-refractivity contribution in [3.8, 4) is 0 Å². The number of benzene rings is 2. The maximum Gasteiger partial charge on any atom is 0.290 e. The average molecular weight is 419 g/mol. The van der Waals surface area contributed by atoms with E-state index in [0.29, 0.717) is 35.5 Å². The van der Waals surface area contributed by atoms with E-state index in [0.717, 1.165) is 16.7 Å². The van der Waals surface area contributed by atoms with E-state index in [2.05, 4.69) is 26.0 Å². The Morgan fingerprint density at radius 3 is 2.29 bits per heavy atom. The molecule has 0 aliphatic carbocycles. The summed E-state index contributed by atoms with van der Waals surface area (Å²) in [4.78, 5) is 30.8. The van der Waals surface area contributed by atoms with Gasteiger partial charge in [0, 0.05) is 13.1 Å². The van der Waals surface area contributed by atoms with Gasteiger partial charge in [-0.3, -0.25) is 9.59 Å². The van der Waals surface area contributed by atoms with Crippen LogP contribution < -0.4 is 5.43 Å². The van der Waals surface area contributed by atoms with E-state index in [9.17, 15) is 9.59 Å². The molecule has 0 bridgehead atoms. The largest absolute Gasteiger partial charge is 0.450 e. The van der Waals surface area contributed by atoms with E-state index in [4.69, 9.17) is 4.42 Å². The van der Waals surface area contributed by atoms with Crippen molar-refractivity contribution in [2.24, 2.45) is 0 Å². The first kappa shape index (κ1) is 21.3. The van der Waals surface area contributed by atoms with Crippen LogP contribution in [0.25, 0.3) is 11.0 Å². The van der Waals surface area contributed by atoms with Gasteiger partial charge < -0.3 is 14.2 Å². The number of hydrogen-bond acceptors (Lipinski definition) is 4. The van der Waals surface area contributed by atoms with Crippen molar-refractivity contribution >= 4 is 16.9 Å². The lowest BCUT2D eigenvalue weighted by molar-refractivity contribution is 0.0716. The smallest absolute Gasteiger partial charge is 0.290 e. The average Bonchev–Trinajstić information content (AvgIpc) is 3.00. The van der Waals surface area contributed by atoms with Gasteiger partial charge in [0.1, 0.15) is 5.58 Å². The van der Waals surface area contributed by atoms with Crippen molar-refractivity contribution in [1.29, 1.82) is 0 Å². The molecule has 1 unspecified atom stereocenters. The minimum Gasteiger partial charge on any atom is -0.450 e. The fourth-order valence-electron chi connectivity index (χ4n) is 4.22. The van der Waals surface area contributed by atoms with Crippen LogP contribution in [0.1, 0.15) is 64.2 Å². The standard InChI is InChI=1S/C26H30N2O3/c1-15(2)18-7-9-19(10-8-18)23-22-24(29)20-13-16(3)17(4)14-21(20)31-25(22)26(30)28(23)12-11-27(5)6/h7-10,13-15,23H,11-12H2,1-6H3. The van der Waals surface area contributed by atoms with Gasteiger partial charge in [-0.2, -0.15) is 0 Å². The quantitative estimate of drug-likeness (QED) is 0.606. The van der Waals surface area contributed by atoms with Crippen molar-refractivity contribution in [3.05, 3.63) is 80.2 Å². The predicted molar refractivity (Wildman–Crippen MR) is 124 cm³/mol. The summed E-state index contributed by atoms with van der Waals surface area (Å²) in [5.74, 6) is 0.376. The lowest BCUT2D eigenvalue weighted by Crippen LogP contribution is -2.35. The molecule has 0 saturated carbocycles. The monoisotopic (exact) mass is 418 g/mol. The summed E-state index contributed by atoms with van der Waals surface area (Å²) in [5.41, 5.74) is 5.05. The molecule has 162 valence electrons. The Balaban J connectivity index is 1.92. The number of carbonyl (C=O) groups excluding carboxylic acids is 1. The van der Waals surface area contributed by atoms with Crippen LogP contribution in [0.2, 0.25) is 0 Å². The second-order valence-corrected chi connectivity index (χ2v) is 9.13. The van der Waals surface area contributed by atoms with Gasteiger partial charge in [-0.15, -0.1) is 0 Å². The number of fused-ring (bicyclic) bond motifs is 2. The van der Waals surface area contributed by atoms with Crippen LogP contribution in [-0.4, -0.2) is 42.9 Å². The van der Waals surface area contributed by atoms with Gasteiger partial charge >= 0.3 is 0 Å². The molecule has 2 heterocycles. The molecule has 31 heavy (non-hydrogen) atoms. The second-order valence-electron chi connectivity index (χ2n) is 9.13. The van der Waals surface area contributed by atoms with E-state index < -0.39 is 6.04 Å². The zero-order valence-electron chi connectivity index (χ0n) is 19.2. The van der Waals surface area contributed by atoms with E-state index in [-0.39, 0.29) is 17.1 Å². The lowest BCUT2D eigenvalue weighted by Gasteiger charge is -2.26. The van der Waals surface area contributed by atoms with Crippen LogP contribution in [-0.2, 0) is 0 Å². The summed E-state index contributed by atoms with van der Waals surface area (Å²) in [7, 11) is 3.95. The summed E-state index contributed by atoms with van der Waals surface area (Å²) in [6, 6.07) is 11.5. The van der Waals surface area contributed by atoms with Gasteiger partial charge in [0.05, 0.1) is 17.0 Å². The van der Waals surface area contributed by atoms with Crippen LogP contribution in [0.5, 0.6) is 0 Å². The third kappa shape index (κ3) is 3.68. The molecule has 0 N–H and O–H groups in total. The van der Waals surface area contributed by atoms with Crippen molar-refractivity contribution in [3.63, 3.8) is 0 Å². The highest BCUT2D eigenvalue weighted by atomic mass is 16.3. The van der Waals surface area contributed by atoms with E-state index in [1.165, 1.54) is 5.56 Å². The topological polar surface area (TPSA) is 53.8 Å². The van der Waals surface area contributed by atoms with Crippen molar-refractivity contribution < 1.29 is 9.21 Å². The van der Waals surface area contributed by atoms with Gasteiger partial charge in [-0.25, -0.2) is 0 Å². The summed E-state index contributed by atoms with van der Waals surface area (Å²) in [6.45, 7) is 9.48. The van der Waals surface area contributed by atoms with Crippen LogP contribution >= 0.6 is 0 Å². The van der Waals surface area contributed by atoms with Crippen LogP contribution in [0.3, 0.4) is 0 Å². The van der Waals surface area contributed by atoms with Crippen molar-refractivity contribution in [2.45, 2.75) is 39.7 Å². The zero-order chi connectivity index (χ0) is 22.4. The fourth-order valence-corrected chi connectivity index (χ4v) is 4.22. The molecule has 1 amide bonds. The molecule has 1 aliphatic rings. The first-order valence-electron chi connectivity index (χ1n) is 10.8. The third-order valence-electron chi connectivity index (χ3n) is 6.29. The molecule has 5 heteroatoms.